The van der Waals surface area contributed by atoms with Gasteiger partial charge in [0.25, 0.3) is 5.56 Å². The van der Waals surface area contributed by atoms with E-state index in [4.69, 9.17) is 5.26 Å². The van der Waals surface area contributed by atoms with Gasteiger partial charge in [-0.05, 0) is 38.2 Å². The van der Waals surface area contributed by atoms with Gasteiger partial charge in [0.1, 0.15) is 23.5 Å². The molecule has 10 heteroatoms. The number of fused-ring (bicyclic) bond motifs is 3. The van der Waals surface area contributed by atoms with Crippen molar-refractivity contribution < 1.29 is 4.79 Å². The Hall–Kier alpha value is -3.06. The molecule has 1 N–H and O–H groups in total. The molecule has 0 aliphatic heterocycles. The number of thiophene rings is 1. The molecule has 1 unspecified atom stereocenters. The maximum Gasteiger partial charge on any atom is 0.279 e. The summed E-state index contributed by atoms with van der Waals surface area (Å²) in [6.45, 7) is 1.58. The Morgan fingerprint density at radius 3 is 2.96 bits per heavy atom. The van der Waals surface area contributed by atoms with E-state index in [9.17, 15) is 9.59 Å². The first kappa shape index (κ1) is 17.4. The quantitative estimate of drug-likeness (QED) is 0.733. The van der Waals surface area contributed by atoms with Crippen LogP contribution in [0.1, 0.15) is 41.8 Å². The van der Waals surface area contributed by atoms with Crippen LogP contribution in [-0.2, 0) is 24.7 Å². The van der Waals surface area contributed by atoms with E-state index in [1.54, 1.807) is 14.0 Å². The van der Waals surface area contributed by atoms with Gasteiger partial charge >= 0.3 is 0 Å². The molecule has 138 valence electrons. The largest absolute Gasteiger partial charge is 0.308 e. The molecule has 1 aliphatic rings. The molecular formula is C17H17N7O2S. The molecule has 9 nitrogen and oxygen atoms in total. The monoisotopic (exact) mass is 383 g/mol. The summed E-state index contributed by atoms with van der Waals surface area (Å²) in [4.78, 5) is 27.5. The first-order chi connectivity index (χ1) is 13.0. The van der Waals surface area contributed by atoms with Gasteiger partial charge in [0.15, 0.2) is 4.83 Å². The third kappa shape index (κ3) is 2.80. The van der Waals surface area contributed by atoms with Crippen LogP contribution in [0.4, 0.5) is 5.82 Å². The third-order valence-electron chi connectivity index (χ3n) is 4.85. The second-order valence-corrected chi connectivity index (χ2v) is 7.62. The lowest BCUT2D eigenvalue weighted by molar-refractivity contribution is -0.119. The molecule has 1 amide bonds. The molecule has 4 rings (SSSR count). The Morgan fingerprint density at radius 2 is 2.19 bits per heavy atom. The number of nitrogens with zero attached hydrogens (tertiary/aromatic N) is 6. The minimum absolute atomic E-state index is 0.249. The predicted octanol–water partition coefficient (Wildman–Crippen LogP) is 1.54. The zero-order chi connectivity index (χ0) is 19.1. The smallest absolute Gasteiger partial charge is 0.279 e. The number of nitriles is 1. The van der Waals surface area contributed by atoms with E-state index in [1.165, 1.54) is 27.1 Å². The van der Waals surface area contributed by atoms with Crippen LogP contribution in [0.25, 0.3) is 10.2 Å². The van der Waals surface area contributed by atoms with Crippen molar-refractivity contribution in [3.8, 4) is 6.07 Å². The van der Waals surface area contributed by atoms with Gasteiger partial charge in [-0.1, -0.05) is 5.21 Å². The molecule has 1 aliphatic carbocycles. The van der Waals surface area contributed by atoms with Crippen molar-refractivity contribution >= 4 is 33.3 Å². The van der Waals surface area contributed by atoms with E-state index in [2.05, 4.69) is 20.7 Å². The van der Waals surface area contributed by atoms with Crippen molar-refractivity contribution in [2.45, 2.75) is 38.6 Å². The number of carbonyl (C=O) groups excluding carboxylic acids is 1. The summed E-state index contributed by atoms with van der Waals surface area (Å²) >= 11 is 1.52. The summed E-state index contributed by atoms with van der Waals surface area (Å²) < 4.78 is 2.51. The Balaban J connectivity index is 1.70. The lowest BCUT2D eigenvalue weighted by Crippen LogP contribution is -2.34. The van der Waals surface area contributed by atoms with Crippen molar-refractivity contribution in [3.63, 3.8) is 0 Å². The minimum Gasteiger partial charge on any atom is -0.308 e. The average Bonchev–Trinajstić information content (AvgIpc) is 3.22. The second-order valence-electron chi connectivity index (χ2n) is 6.54. The fraction of sp³-hybridized carbons (Fsp3) is 0.412. The number of carbonyl (C=O) groups is 1. The number of aryl methyl sites for hydroxylation is 3. The topological polar surface area (TPSA) is 118 Å². The van der Waals surface area contributed by atoms with Gasteiger partial charge in [0, 0.05) is 11.9 Å². The molecule has 3 heterocycles. The summed E-state index contributed by atoms with van der Waals surface area (Å²) in [6, 6.07) is 1.09. The van der Waals surface area contributed by atoms with Crippen LogP contribution in [0.2, 0.25) is 0 Å². The molecule has 0 spiro atoms. The van der Waals surface area contributed by atoms with Crippen LogP contribution in [0.15, 0.2) is 11.0 Å². The Bertz CT molecular complexity index is 1150. The number of nitrogens with one attached hydrogen (secondary N) is 1. The molecule has 0 aromatic carbocycles. The van der Waals surface area contributed by atoms with Crippen LogP contribution in [-0.4, -0.2) is 30.7 Å². The van der Waals surface area contributed by atoms with Crippen molar-refractivity contribution in [2.75, 3.05) is 5.32 Å². The van der Waals surface area contributed by atoms with Gasteiger partial charge in [-0.2, -0.15) is 15.0 Å². The fourth-order valence-electron chi connectivity index (χ4n) is 3.34. The first-order valence-corrected chi connectivity index (χ1v) is 9.45. The number of amides is 1. The maximum absolute atomic E-state index is 13.0. The van der Waals surface area contributed by atoms with Gasteiger partial charge in [0.05, 0.1) is 11.6 Å². The first-order valence-electron chi connectivity index (χ1n) is 8.64. The zero-order valence-electron chi connectivity index (χ0n) is 14.9. The number of hydrogen-bond donors (Lipinski definition) is 1. The number of hydrogen-bond acceptors (Lipinski definition) is 7. The van der Waals surface area contributed by atoms with Crippen LogP contribution in [0.3, 0.4) is 0 Å². The summed E-state index contributed by atoms with van der Waals surface area (Å²) in [5, 5.41) is 24.5. The summed E-state index contributed by atoms with van der Waals surface area (Å²) in [7, 11) is 1.62. The van der Waals surface area contributed by atoms with Crippen LogP contribution >= 0.6 is 11.3 Å². The molecule has 27 heavy (non-hydrogen) atoms. The van der Waals surface area contributed by atoms with Crippen LogP contribution in [0.5, 0.6) is 0 Å². The molecule has 0 radical (unpaired) electrons. The molecule has 3 aromatic rings. The maximum atomic E-state index is 13.0. The van der Waals surface area contributed by atoms with Crippen molar-refractivity contribution in [1.29, 1.82) is 5.26 Å². The van der Waals surface area contributed by atoms with Crippen molar-refractivity contribution in [3.05, 3.63) is 32.6 Å². The molecule has 0 bridgehead atoms. The number of anilines is 1. The van der Waals surface area contributed by atoms with Crippen LogP contribution < -0.4 is 10.9 Å². The molecule has 0 saturated heterocycles. The van der Waals surface area contributed by atoms with E-state index in [0.29, 0.717) is 10.2 Å². The van der Waals surface area contributed by atoms with E-state index >= 15 is 0 Å². The second kappa shape index (κ2) is 6.59. The van der Waals surface area contributed by atoms with Gasteiger partial charge in [0.2, 0.25) is 5.91 Å². The Kier molecular flexibility index (Phi) is 4.24. The zero-order valence-corrected chi connectivity index (χ0v) is 15.7. The molecule has 0 saturated carbocycles. The molecule has 3 aromatic heterocycles. The summed E-state index contributed by atoms with van der Waals surface area (Å²) in [5.41, 5.74) is 1.01. The minimum atomic E-state index is -0.880. The standard InChI is InChI=1S/C17H17N7O2S/c1-9(15(25)20-14-10(7-18)8-19-23(14)2)24-17(26)13-11-5-3-4-6-12(11)27-16(13)21-22-24/h8-9H,3-6H2,1-2H3,(H,20,25). The highest BCUT2D eigenvalue weighted by molar-refractivity contribution is 7.18. The highest BCUT2D eigenvalue weighted by Crippen LogP contribution is 2.33. The predicted molar refractivity (Wildman–Crippen MR) is 99.6 cm³/mol. The molecular weight excluding hydrogens is 366 g/mol. The van der Waals surface area contributed by atoms with Crippen LogP contribution in [0, 0.1) is 11.3 Å². The highest BCUT2D eigenvalue weighted by atomic mass is 32.1. The number of rotatable bonds is 3. The van der Waals surface area contributed by atoms with E-state index in [-0.39, 0.29) is 16.9 Å². The highest BCUT2D eigenvalue weighted by Gasteiger charge is 2.25. The molecule has 1 atom stereocenters. The van der Waals surface area contributed by atoms with Crippen molar-refractivity contribution in [1.82, 2.24) is 24.8 Å². The van der Waals surface area contributed by atoms with Gasteiger partial charge in [-0.3, -0.25) is 14.3 Å². The summed E-state index contributed by atoms with van der Waals surface area (Å²) in [6.07, 6.45) is 5.36. The fourth-order valence-corrected chi connectivity index (χ4v) is 4.54. The normalized spacial score (nSPS) is 14.6. The lowest BCUT2D eigenvalue weighted by atomic mass is 9.97. The van der Waals surface area contributed by atoms with E-state index < -0.39 is 11.9 Å². The van der Waals surface area contributed by atoms with E-state index in [0.717, 1.165) is 35.9 Å². The summed E-state index contributed by atoms with van der Waals surface area (Å²) in [5.74, 6) is -0.181. The molecule has 0 fully saturated rings. The van der Waals surface area contributed by atoms with Gasteiger partial charge < -0.3 is 5.32 Å². The SMILES string of the molecule is CC(C(=O)Nc1c(C#N)cnn1C)n1nnc2sc3c(c2c1=O)CCCC3. The average molecular weight is 383 g/mol. The Morgan fingerprint density at radius 1 is 1.41 bits per heavy atom. The Labute approximate surface area is 158 Å². The third-order valence-corrected chi connectivity index (χ3v) is 6.03. The number of aromatic nitrogens is 5. The van der Waals surface area contributed by atoms with Gasteiger partial charge in [-0.15, -0.1) is 16.4 Å². The van der Waals surface area contributed by atoms with E-state index in [1.807, 2.05) is 6.07 Å². The van der Waals surface area contributed by atoms with Gasteiger partial charge in [-0.25, -0.2) is 0 Å². The van der Waals surface area contributed by atoms with Crippen molar-refractivity contribution in [2.24, 2.45) is 7.05 Å². The lowest BCUT2D eigenvalue weighted by Gasteiger charge is -2.14.